The molecule has 162 valence electrons. The Morgan fingerprint density at radius 1 is 1.13 bits per heavy atom. The number of benzene rings is 2. The number of carbonyl (C=O) groups is 2. The summed E-state index contributed by atoms with van der Waals surface area (Å²) in [5.74, 6) is 1.32. The lowest BCUT2D eigenvalue weighted by molar-refractivity contribution is 0.152. The SMILES string of the molecule is COc1cc(NC(=O)Nc2cccc(CNC(=O)OCCCl)c2)ccc1-c1cnco1. The van der Waals surface area contributed by atoms with Crippen LogP contribution in [-0.2, 0) is 11.3 Å². The van der Waals surface area contributed by atoms with Crippen LogP contribution >= 0.6 is 11.6 Å². The number of halogens is 1. The molecular formula is C21H21ClN4O5. The molecule has 0 saturated heterocycles. The summed E-state index contributed by atoms with van der Waals surface area (Å²) in [5, 5.41) is 8.11. The maximum absolute atomic E-state index is 12.4. The van der Waals surface area contributed by atoms with Crippen LogP contribution in [0, 0.1) is 0 Å². The van der Waals surface area contributed by atoms with Crippen molar-refractivity contribution in [1.82, 2.24) is 10.3 Å². The van der Waals surface area contributed by atoms with Gasteiger partial charge >= 0.3 is 12.1 Å². The van der Waals surface area contributed by atoms with Gasteiger partial charge in [-0.15, -0.1) is 11.6 Å². The fourth-order valence-corrected chi connectivity index (χ4v) is 2.81. The average molecular weight is 445 g/mol. The van der Waals surface area contributed by atoms with Gasteiger partial charge in [0.1, 0.15) is 12.4 Å². The van der Waals surface area contributed by atoms with Crippen molar-refractivity contribution in [3.8, 4) is 17.1 Å². The second kappa shape index (κ2) is 10.9. The van der Waals surface area contributed by atoms with Gasteiger partial charge in [0.05, 0.1) is 24.8 Å². The van der Waals surface area contributed by atoms with Gasteiger partial charge in [0, 0.05) is 24.0 Å². The Labute approximate surface area is 183 Å². The minimum absolute atomic E-state index is 0.138. The summed E-state index contributed by atoms with van der Waals surface area (Å²) in [6.07, 6.45) is 2.36. The smallest absolute Gasteiger partial charge is 0.407 e. The lowest BCUT2D eigenvalue weighted by atomic mass is 10.1. The number of hydrogen-bond acceptors (Lipinski definition) is 6. The zero-order valence-corrected chi connectivity index (χ0v) is 17.4. The van der Waals surface area contributed by atoms with Crippen molar-refractivity contribution in [2.45, 2.75) is 6.54 Å². The van der Waals surface area contributed by atoms with Gasteiger partial charge in [0.25, 0.3) is 0 Å². The van der Waals surface area contributed by atoms with Gasteiger partial charge in [-0.1, -0.05) is 12.1 Å². The van der Waals surface area contributed by atoms with E-state index in [1.807, 2.05) is 6.07 Å². The van der Waals surface area contributed by atoms with E-state index in [1.165, 1.54) is 13.5 Å². The number of anilines is 2. The van der Waals surface area contributed by atoms with Crippen LogP contribution in [0.2, 0.25) is 0 Å². The first-order chi connectivity index (χ1) is 15.1. The molecule has 3 aromatic rings. The molecule has 3 N–H and O–H groups in total. The number of ether oxygens (including phenoxy) is 2. The van der Waals surface area contributed by atoms with Gasteiger partial charge in [-0.3, -0.25) is 0 Å². The van der Waals surface area contributed by atoms with Gasteiger partial charge in [0.2, 0.25) is 0 Å². The highest BCUT2D eigenvalue weighted by atomic mass is 35.5. The highest BCUT2D eigenvalue weighted by molar-refractivity contribution is 6.18. The first kappa shape index (κ1) is 22.0. The molecule has 3 amide bonds. The topological polar surface area (TPSA) is 115 Å². The van der Waals surface area contributed by atoms with Gasteiger partial charge in [-0.05, 0) is 29.8 Å². The number of nitrogens with one attached hydrogen (secondary N) is 3. The lowest BCUT2D eigenvalue weighted by Gasteiger charge is -2.12. The Bertz CT molecular complexity index is 1030. The van der Waals surface area contributed by atoms with E-state index < -0.39 is 12.1 Å². The molecule has 0 aliphatic heterocycles. The third-order valence-electron chi connectivity index (χ3n) is 4.09. The largest absolute Gasteiger partial charge is 0.496 e. The molecule has 0 atom stereocenters. The van der Waals surface area contributed by atoms with Crippen molar-refractivity contribution in [3.05, 3.63) is 60.6 Å². The Kier molecular flexibility index (Phi) is 7.72. The summed E-state index contributed by atoms with van der Waals surface area (Å²) in [6.45, 7) is 0.387. The van der Waals surface area contributed by atoms with Crippen molar-refractivity contribution in [2.75, 3.05) is 30.2 Å². The number of amides is 3. The van der Waals surface area contributed by atoms with E-state index in [-0.39, 0.29) is 19.0 Å². The predicted molar refractivity (Wildman–Crippen MR) is 116 cm³/mol. The molecule has 1 heterocycles. The summed E-state index contributed by atoms with van der Waals surface area (Å²) in [7, 11) is 1.53. The van der Waals surface area contributed by atoms with Crippen molar-refractivity contribution < 1.29 is 23.5 Å². The van der Waals surface area contributed by atoms with Crippen molar-refractivity contribution in [2.24, 2.45) is 0 Å². The third kappa shape index (κ3) is 6.38. The normalized spacial score (nSPS) is 10.3. The lowest BCUT2D eigenvalue weighted by Crippen LogP contribution is -2.24. The van der Waals surface area contributed by atoms with E-state index in [0.29, 0.717) is 22.9 Å². The molecule has 31 heavy (non-hydrogen) atoms. The van der Waals surface area contributed by atoms with E-state index in [9.17, 15) is 9.59 Å². The van der Waals surface area contributed by atoms with Crippen LogP contribution in [0.4, 0.5) is 21.0 Å². The Morgan fingerprint density at radius 3 is 2.65 bits per heavy atom. The summed E-state index contributed by atoms with van der Waals surface area (Å²) >= 11 is 5.47. The minimum atomic E-state index is -0.556. The third-order valence-corrected chi connectivity index (χ3v) is 4.24. The number of urea groups is 1. The summed E-state index contributed by atoms with van der Waals surface area (Å²) < 4.78 is 15.5. The number of alkyl halides is 1. The van der Waals surface area contributed by atoms with E-state index in [1.54, 1.807) is 42.6 Å². The number of rotatable bonds is 8. The maximum Gasteiger partial charge on any atom is 0.407 e. The molecule has 0 aliphatic rings. The molecule has 0 fully saturated rings. The number of aromatic nitrogens is 1. The molecule has 3 rings (SSSR count). The molecule has 2 aromatic carbocycles. The highest BCUT2D eigenvalue weighted by Gasteiger charge is 2.11. The number of hydrogen-bond donors (Lipinski definition) is 3. The van der Waals surface area contributed by atoms with Crippen molar-refractivity contribution in [3.63, 3.8) is 0 Å². The Balaban J connectivity index is 1.59. The summed E-state index contributed by atoms with van der Waals surface area (Å²) in [5.41, 5.74) is 2.61. The number of oxazole rings is 1. The Hall–Kier alpha value is -3.72. The van der Waals surface area contributed by atoms with Crippen LogP contribution in [0.15, 0.2) is 59.5 Å². The molecule has 0 unspecified atom stereocenters. The molecule has 1 aromatic heterocycles. The van der Waals surface area contributed by atoms with Crippen LogP contribution < -0.4 is 20.7 Å². The van der Waals surface area contributed by atoms with E-state index in [0.717, 1.165) is 11.1 Å². The van der Waals surface area contributed by atoms with Gasteiger partial charge in [0.15, 0.2) is 12.2 Å². The fourth-order valence-electron chi connectivity index (χ4n) is 2.73. The molecule has 0 aliphatic carbocycles. The minimum Gasteiger partial charge on any atom is -0.496 e. The fraction of sp³-hybridized carbons (Fsp3) is 0.190. The van der Waals surface area contributed by atoms with Crippen LogP contribution in [0.25, 0.3) is 11.3 Å². The van der Waals surface area contributed by atoms with Crippen LogP contribution in [0.5, 0.6) is 5.75 Å². The quantitative estimate of drug-likeness (QED) is 0.442. The Morgan fingerprint density at radius 2 is 1.94 bits per heavy atom. The molecule has 0 radical (unpaired) electrons. The molecule has 0 bridgehead atoms. The zero-order valence-electron chi connectivity index (χ0n) is 16.7. The highest BCUT2D eigenvalue weighted by Crippen LogP contribution is 2.32. The average Bonchev–Trinajstić information content (AvgIpc) is 3.31. The van der Waals surface area contributed by atoms with E-state index in [2.05, 4.69) is 20.9 Å². The standard InChI is InChI=1S/C21H21ClN4O5/c1-29-18-10-16(5-6-17(18)19-12-23-13-31-19)26-20(27)25-15-4-2-3-14(9-15)11-24-21(28)30-8-7-22/h2-6,9-10,12-13H,7-8,11H2,1H3,(H,24,28)(H2,25,26,27). The van der Waals surface area contributed by atoms with Gasteiger partial charge in [-0.2, -0.15) is 0 Å². The number of nitrogens with zero attached hydrogens (tertiary/aromatic N) is 1. The summed E-state index contributed by atoms with van der Waals surface area (Å²) in [4.78, 5) is 27.8. The first-order valence-corrected chi connectivity index (χ1v) is 9.83. The zero-order chi connectivity index (χ0) is 22.1. The number of carbonyl (C=O) groups excluding carboxylic acids is 2. The maximum atomic E-state index is 12.4. The predicted octanol–water partition coefficient (Wildman–Crippen LogP) is 4.46. The van der Waals surface area contributed by atoms with E-state index in [4.69, 9.17) is 25.5 Å². The monoisotopic (exact) mass is 444 g/mol. The van der Waals surface area contributed by atoms with Gasteiger partial charge in [-0.25, -0.2) is 14.6 Å². The first-order valence-electron chi connectivity index (χ1n) is 9.29. The molecule has 10 heteroatoms. The molecule has 9 nitrogen and oxygen atoms in total. The number of alkyl carbamates (subject to hydrolysis) is 1. The van der Waals surface area contributed by atoms with Crippen molar-refractivity contribution in [1.29, 1.82) is 0 Å². The molecule has 0 spiro atoms. The van der Waals surface area contributed by atoms with Crippen LogP contribution in [0.1, 0.15) is 5.56 Å². The second-order valence-corrected chi connectivity index (χ2v) is 6.62. The molecular weight excluding hydrogens is 424 g/mol. The molecule has 0 saturated carbocycles. The number of methoxy groups -OCH3 is 1. The van der Waals surface area contributed by atoms with Crippen LogP contribution in [0.3, 0.4) is 0 Å². The van der Waals surface area contributed by atoms with Crippen LogP contribution in [-0.4, -0.2) is 36.7 Å². The van der Waals surface area contributed by atoms with Crippen molar-refractivity contribution >= 4 is 35.1 Å². The second-order valence-electron chi connectivity index (χ2n) is 6.24. The van der Waals surface area contributed by atoms with E-state index >= 15 is 0 Å². The summed E-state index contributed by atoms with van der Waals surface area (Å²) in [6, 6.07) is 11.8. The van der Waals surface area contributed by atoms with Gasteiger partial charge < -0.3 is 29.8 Å².